The fourth-order valence-corrected chi connectivity index (χ4v) is 9.50. The molecule has 1 N–H and O–H groups in total. The van der Waals surface area contributed by atoms with E-state index in [2.05, 4.69) is 20.8 Å². The number of fused-ring (bicyclic) bond motifs is 5. The van der Waals surface area contributed by atoms with Crippen molar-refractivity contribution in [3.8, 4) is 35.4 Å². The van der Waals surface area contributed by atoms with Crippen LogP contribution < -0.4 is 9.64 Å². The molecule has 16 heteroatoms. The molecule has 4 unspecified atom stereocenters. The van der Waals surface area contributed by atoms with Crippen LogP contribution in [0.1, 0.15) is 51.0 Å². The van der Waals surface area contributed by atoms with E-state index in [0.717, 1.165) is 19.4 Å². The van der Waals surface area contributed by atoms with Gasteiger partial charge in [-0.1, -0.05) is 12.0 Å². The highest BCUT2D eigenvalue weighted by Gasteiger charge is 2.50. The molecule has 9 rings (SSSR count). The maximum absolute atomic E-state index is 17.1. The predicted octanol–water partition coefficient (Wildman–Crippen LogP) is 5.48. The Morgan fingerprint density at radius 2 is 1.93 bits per heavy atom. The second kappa shape index (κ2) is 14.5. The molecule has 6 atom stereocenters. The van der Waals surface area contributed by atoms with E-state index >= 15 is 4.39 Å². The number of piperazine rings is 1. The monoisotopic (exact) mass is 786 g/mol. The van der Waals surface area contributed by atoms with E-state index in [1.807, 2.05) is 4.90 Å². The van der Waals surface area contributed by atoms with Crippen molar-refractivity contribution >= 4 is 39.6 Å². The molecule has 5 aliphatic heterocycles. The van der Waals surface area contributed by atoms with Crippen LogP contribution in [0.25, 0.3) is 32.9 Å². The van der Waals surface area contributed by atoms with Gasteiger partial charge in [0, 0.05) is 56.7 Å². The number of ether oxygens (including phenoxy) is 4. The van der Waals surface area contributed by atoms with E-state index < -0.39 is 47.6 Å². The number of carbonyl (C=O) groups excluding carboxylic acids is 2. The zero-order valence-corrected chi connectivity index (χ0v) is 31.3. The lowest BCUT2D eigenvalue weighted by atomic mass is 9.95. The van der Waals surface area contributed by atoms with Crippen LogP contribution >= 0.6 is 0 Å². The molecular weight excluding hydrogens is 745 g/mol. The maximum Gasteiger partial charge on any atom is 0.413 e. The minimum Gasteiger partial charge on any atom is -0.508 e. The van der Waals surface area contributed by atoms with E-state index in [0.29, 0.717) is 63.1 Å². The number of halogens is 3. The number of nitrogens with zero attached hydrogens (tertiary/aromatic N) is 6. The third kappa shape index (κ3) is 6.60. The smallest absolute Gasteiger partial charge is 0.413 e. The molecule has 4 aromatic rings. The lowest BCUT2D eigenvalue weighted by Crippen LogP contribution is -2.56. The summed E-state index contributed by atoms with van der Waals surface area (Å²) in [7, 11) is 0. The topological polar surface area (TPSA) is 140 Å². The van der Waals surface area contributed by atoms with Crippen molar-refractivity contribution in [3.05, 3.63) is 47.7 Å². The number of anilines is 1. The van der Waals surface area contributed by atoms with E-state index in [9.17, 15) is 23.5 Å². The van der Waals surface area contributed by atoms with Gasteiger partial charge in [-0.2, -0.15) is 9.97 Å². The number of benzene rings is 2. The molecule has 57 heavy (non-hydrogen) atoms. The minimum absolute atomic E-state index is 0.0709. The molecule has 7 heterocycles. The number of carbonyl (C=O) groups is 2. The molecule has 5 aliphatic rings. The molecule has 0 saturated carbocycles. The second-order valence-corrected chi connectivity index (χ2v) is 15.7. The summed E-state index contributed by atoms with van der Waals surface area (Å²) >= 11 is 0. The summed E-state index contributed by atoms with van der Waals surface area (Å²) in [6, 6.07) is 4.57. The highest BCUT2D eigenvalue weighted by Crippen LogP contribution is 2.43. The van der Waals surface area contributed by atoms with E-state index in [1.165, 1.54) is 37.4 Å². The Balaban J connectivity index is 1.06. The summed E-state index contributed by atoms with van der Waals surface area (Å²) in [5, 5.41) is 11.5. The Morgan fingerprint density at radius 3 is 2.68 bits per heavy atom. The van der Waals surface area contributed by atoms with Crippen LogP contribution in [0.3, 0.4) is 0 Å². The van der Waals surface area contributed by atoms with Crippen molar-refractivity contribution in [1.29, 1.82) is 0 Å². The van der Waals surface area contributed by atoms with E-state index in [-0.39, 0.29) is 70.2 Å². The average Bonchev–Trinajstić information content (AvgIpc) is 3.97. The molecule has 298 valence electrons. The lowest BCUT2D eigenvalue weighted by molar-refractivity contribution is -0.171. The van der Waals surface area contributed by atoms with E-state index in [1.54, 1.807) is 4.90 Å². The van der Waals surface area contributed by atoms with Gasteiger partial charge in [0.1, 0.15) is 41.4 Å². The van der Waals surface area contributed by atoms with Gasteiger partial charge in [-0.15, -0.1) is 6.42 Å². The van der Waals surface area contributed by atoms with Crippen LogP contribution in [0, 0.1) is 29.9 Å². The Labute approximate surface area is 326 Å². The standard InChI is InChI=1S/C41H41F3N6O7/c1-3-29-32(43)8-5-23-13-28(51)14-30(33(23)29)35-34(44)36-31(16-45-35)37(47-39(46-36)55-21-41-10-4-11-49(41)17-25(42)15-41)48-18-26-6-7-27(19-48)50(26)40(53)57-22(2)56-38(52)24-9-12-54-20-24/h1,5,8,13-14,16,22,24-27,51H,4,6-7,9-12,15,17-21H2,2H3/t22?,24?,25-,26?,27?,41+/m1/s1. The fourth-order valence-electron chi connectivity index (χ4n) is 9.50. The zero-order valence-electron chi connectivity index (χ0n) is 31.3. The van der Waals surface area contributed by atoms with Crippen LogP contribution in [0.5, 0.6) is 11.8 Å². The Morgan fingerprint density at radius 1 is 1.12 bits per heavy atom. The van der Waals surface area contributed by atoms with Gasteiger partial charge in [-0.05, 0) is 62.2 Å². The van der Waals surface area contributed by atoms with Gasteiger partial charge < -0.3 is 29.0 Å². The molecule has 0 aliphatic carbocycles. The van der Waals surface area contributed by atoms with Crippen LogP contribution in [0.15, 0.2) is 30.5 Å². The molecule has 5 saturated heterocycles. The number of aromatic nitrogens is 3. The number of rotatable bonds is 8. The Bertz CT molecular complexity index is 2310. The molecule has 0 spiro atoms. The van der Waals surface area contributed by atoms with Crippen molar-refractivity contribution in [2.75, 3.05) is 50.9 Å². The van der Waals surface area contributed by atoms with Crippen molar-refractivity contribution in [2.24, 2.45) is 5.92 Å². The van der Waals surface area contributed by atoms with Gasteiger partial charge in [-0.3, -0.25) is 19.6 Å². The summed E-state index contributed by atoms with van der Waals surface area (Å²) in [6.07, 6.45) is 8.26. The number of hydrogen-bond donors (Lipinski definition) is 1. The summed E-state index contributed by atoms with van der Waals surface area (Å²) in [5.41, 5.74) is -0.926. The van der Waals surface area contributed by atoms with Crippen LogP contribution in [-0.2, 0) is 19.0 Å². The molecule has 2 bridgehead atoms. The van der Waals surface area contributed by atoms with Crippen LogP contribution in [0.4, 0.5) is 23.8 Å². The first kappa shape index (κ1) is 37.2. The first-order valence-electron chi connectivity index (χ1n) is 19.3. The molecular formula is C41H41F3N6O7. The Hall–Kier alpha value is -5.40. The number of aromatic hydroxyl groups is 1. The number of hydrogen-bond acceptors (Lipinski definition) is 12. The summed E-state index contributed by atoms with van der Waals surface area (Å²) in [5.74, 6) is 0.0486. The number of pyridine rings is 1. The van der Waals surface area contributed by atoms with Gasteiger partial charge >= 0.3 is 18.1 Å². The normalized spacial score (nSPS) is 26.2. The predicted molar refractivity (Wildman–Crippen MR) is 200 cm³/mol. The van der Waals surface area contributed by atoms with Gasteiger partial charge in [0.15, 0.2) is 5.82 Å². The summed E-state index contributed by atoms with van der Waals surface area (Å²) in [6.45, 7) is 4.02. The maximum atomic E-state index is 17.1. The number of phenols is 1. The molecule has 2 aromatic heterocycles. The van der Waals surface area contributed by atoms with Gasteiger partial charge in [-0.25, -0.2) is 18.0 Å². The van der Waals surface area contributed by atoms with Crippen LogP contribution in [-0.4, -0.2) is 118 Å². The molecule has 5 fully saturated rings. The number of phenolic OH excluding ortho intramolecular Hbond substituents is 1. The molecule has 13 nitrogen and oxygen atoms in total. The first-order chi connectivity index (χ1) is 27.5. The second-order valence-electron chi connectivity index (χ2n) is 15.7. The van der Waals surface area contributed by atoms with Crippen molar-refractivity contribution < 1.29 is 46.8 Å². The third-order valence-electron chi connectivity index (χ3n) is 12.1. The molecule has 2 aromatic carbocycles. The van der Waals surface area contributed by atoms with E-state index in [4.69, 9.17) is 30.4 Å². The van der Waals surface area contributed by atoms with Crippen LogP contribution in [0.2, 0.25) is 0 Å². The van der Waals surface area contributed by atoms with Crippen molar-refractivity contribution in [3.63, 3.8) is 0 Å². The first-order valence-corrected chi connectivity index (χ1v) is 19.3. The summed E-state index contributed by atoms with van der Waals surface area (Å²) < 4.78 is 69.3. The third-order valence-corrected chi connectivity index (χ3v) is 12.1. The average molecular weight is 787 g/mol. The number of alkyl halides is 1. The SMILES string of the molecule is C#Cc1c(F)ccc2cc(O)cc(-c3ncc4c(N5CC6CCC(C5)N6C(=O)OC(C)OC(=O)C5CCOC5)nc(OC[C@@]56CCCN5C[C@H](F)C6)nc4c3F)c12. The van der Waals surface area contributed by atoms with Gasteiger partial charge in [0.25, 0.3) is 0 Å². The lowest BCUT2D eigenvalue weighted by Gasteiger charge is -2.41. The number of terminal acetylenes is 1. The zero-order chi connectivity index (χ0) is 39.6. The van der Waals surface area contributed by atoms with Crippen molar-refractivity contribution in [1.82, 2.24) is 24.8 Å². The summed E-state index contributed by atoms with van der Waals surface area (Å²) in [4.78, 5) is 45.5. The highest BCUT2D eigenvalue weighted by molar-refractivity contribution is 6.03. The largest absolute Gasteiger partial charge is 0.508 e. The molecule has 1 amide bonds. The van der Waals surface area contributed by atoms with Crippen molar-refractivity contribution in [2.45, 2.75) is 75.5 Å². The number of amides is 1. The van der Waals surface area contributed by atoms with Gasteiger partial charge in [0.05, 0.1) is 41.1 Å². The fraction of sp³-hybridized carbons (Fsp3) is 0.488. The number of esters is 1. The molecule has 0 radical (unpaired) electrons. The van der Waals surface area contributed by atoms with Gasteiger partial charge in [0.2, 0.25) is 6.29 Å². The minimum atomic E-state index is -1.10. The highest BCUT2D eigenvalue weighted by atomic mass is 19.1. The quantitative estimate of drug-likeness (QED) is 0.138. The Kier molecular flexibility index (Phi) is 9.47.